The Bertz CT molecular complexity index is 183. The van der Waals surface area contributed by atoms with Gasteiger partial charge in [-0.05, 0) is 20.3 Å². The van der Waals surface area contributed by atoms with Gasteiger partial charge in [-0.2, -0.15) is 0 Å². The molecule has 96 valence electrons. The third-order valence-corrected chi connectivity index (χ3v) is 1.70. The average molecular weight is 228 g/mol. The van der Waals surface area contributed by atoms with Crippen molar-refractivity contribution in [3.8, 4) is 0 Å². The van der Waals surface area contributed by atoms with Gasteiger partial charge in [0.05, 0.1) is 24.2 Å². The molecule has 0 aromatic heterocycles. The zero-order chi connectivity index (χ0) is 13.0. The minimum Gasteiger partial charge on any atom is -0.499 e. The van der Waals surface area contributed by atoms with E-state index in [4.69, 9.17) is 9.47 Å². The summed E-state index contributed by atoms with van der Waals surface area (Å²) in [5.41, 5.74) is 0. The second kappa shape index (κ2) is 12.2. The zero-order valence-corrected chi connectivity index (χ0v) is 11.6. The summed E-state index contributed by atoms with van der Waals surface area (Å²) in [4.78, 5) is 0. The van der Waals surface area contributed by atoms with Crippen LogP contribution in [0, 0.1) is 0 Å². The summed E-state index contributed by atoms with van der Waals surface area (Å²) in [6.45, 7) is 18.4. The van der Waals surface area contributed by atoms with Gasteiger partial charge in [-0.1, -0.05) is 33.9 Å². The second-order valence-electron chi connectivity index (χ2n) is 3.80. The van der Waals surface area contributed by atoms with Gasteiger partial charge in [0.2, 0.25) is 0 Å². The molecule has 0 saturated heterocycles. The van der Waals surface area contributed by atoms with Gasteiger partial charge in [0.25, 0.3) is 0 Å². The van der Waals surface area contributed by atoms with Crippen molar-refractivity contribution in [1.82, 2.24) is 0 Å². The molecule has 0 atom stereocenters. The molecule has 0 unspecified atom stereocenters. The Morgan fingerprint density at radius 3 is 1.75 bits per heavy atom. The Morgan fingerprint density at radius 2 is 1.50 bits per heavy atom. The minimum absolute atomic E-state index is 0.280. The van der Waals surface area contributed by atoms with Crippen LogP contribution in [0.3, 0.4) is 0 Å². The Hall–Kier alpha value is -0.920. The van der Waals surface area contributed by atoms with Crippen LogP contribution in [0.2, 0.25) is 0 Å². The fourth-order valence-corrected chi connectivity index (χ4v) is 0.765. The summed E-state index contributed by atoms with van der Waals surface area (Å²) in [6.07, 6.45) is 3.19. The fraction of sp³-hybridized carbons (Fsp3) is 0.714. The Labute approximate surface area is 101 Å². The van der Waals surface area contributed by atoms with Crippen LogP contribution in [0.4, 0.5) is 0 Å². The van der Waals surface area contributed by atoms with Gasteiger partial charge in [0.1, 0.15) is 0 Å². The lowest BCUT2D eigenvalue weighted by Crippen LogP contribution is -1.99. The van der Waals surface area contributed by atoms with E-state index in [9.17, 15) is 0 Å². The fourth-order valence-electron chi connectivity index (χ4n) is 0.765. The van der Waals surface area contributed by atoms with Crippen molar-refractivity contribution in [2.75, 3.05) is 6.61 Å². The molecule has 0 N–H and O–H groups in total. The van der Waals surface area contributed by atoms with Crippen molar-refractivity contribution < 1.29 is 9.47 Å². The van der Waals surface area contributed by atoms with E-state index in [0.717, 1.165) is 37.4 Å². The molecule has 2 nitrogen and oxygen atoms in total. The maximum absolute atomic E-state index is 5.20. The summed E-state index contributed by atoms with van der Waals surface area (Å²) >= 11 is 0. The van der Waals surface area contributed by atoms with E-state index in [1.807, 2.05) is 27.7 Å². The van der Waals surface area contributed by atoms with E-state index < -0.39 is 0 Å². The van der Waals surface area contributed by atoms with E-state index in [1.165, 1.54) is 0 Å². The second-order valence-corrected chi connectivity index (χ2v) is 3.80. The summed E-state index contributed by atoms with van der Waals surface area (Å²) < 4.78 is 10.4. The Balaban J connectivity index is 0. The standard InChI is InChI=1S/2C7H14O/c1-5-7(4)8-6(2)3;1-4-6-8-7(3)5-2/h6H,4-5H2,1-3H3;3-6H2,1-2H3. The molecule has 0 spiro atoms. The molecule has 0 aliphatic heterocycles. The number of rotatable bonds is 7. The molecule has 0 rings (SSSR count). The smallest absolute Gasteiger partial charge is 0.0926 e. The first kappa shape index (κ1) is 17.5. The van der Waals surface area contributed by atoms with Gasteiger partial charge in [-0.15, -0.1) is 0 Å². The van der Waals surface area contributed by atoms with Crippen molar-refractivity contribution >= 4 is 0 Å². The molecule has 0 fully saturated rings. The number of hydrogen-bond acceptors (Lipinski definition) is 2. The van der Waals surface area contributed by atoms with E-state index in [1.54, 1.807) is 0 Å². The highest BCUT2D eigenvalue weighted by Crippen LogP contribution is 2.01. The van der Waals surface area contributed by atoms with Gasteiger partial charge >= 0.3 is 0 Å². The molecule has 16 heavy (non-hydrogen) atoms. The molecule has 0 radical (unpaired) electrons. The van der Waals surface area contributed by atoms with E-state index in [0.29, 0.717) is 0 Å². The van der Waals surface area contributed by atoms with E-state index in [-0.39, 0.29) is 6.10 Å². The molecule has 0 aromatic carbocycles. The molecule has 0 aromatic rings. The normalized spacial score (nSPS) is 9.12. The Kier molecular flexibility index (Phi) is 13.3. The highest BCUT2D eigenvalue weighted by atomic mass is 16.5. The van der Waals surface area contributed by atoms with Crippen molar-refractivity contribution in [1.29, 1.82) is 0 Å². The van der Waals surface area contributed by atoms with Gasteiger partial charge in [0.15, 0.2) is 0 Å². The zero-order valence-electron chi connectivity index (χ0n) is 11.6. The topological polar surface area (TPSA) is 18.5 Å². The highest BCUT2D eigenvalue weighted by Gasteiger charge is 1.92. The summed E-state index contributed by atoms with van der Waals surface area (Å²) in [5.74, 6) is 1.77. The van der Waals surface area contributed by atoms with E-state index >= 15 is 0 Å². The van der Waals surface area contributed by atoms with Crippen LogP contribution in [0.15, 0.2) is 24.7 Å². The van der Waals surface area contributed by atoms with E-state index in [2.05, 4.69) is 20.1 Å². The number of allylic oxidation sites excluding steroid dienone is 2. The van der Waals surface area contributed by atoms with Crippen molar-refractivity contribution in [2.45, 2.75) is 60.0 Å². The monoisotopic (exact) mass is 228 g/mol. The third kappa shape index (κ3) is 15.5. The minimum atomic E-state index is 0.280. The summed E-state index contributed by atoms with van der Waals surface area (Å²) in [6, 6.07) is 0. The lowest BCUT2D eigenvalue weighted by atomic mass is 10.4. The van der Waals surface area contributed by atoms with Gasteiger partial charge in [-0.3, -0.25) is 0 Å². The number of ether oxygens (including phenoxy) is 2. The molecule has 2 heteroatoms. The molecule has 0 amide bonds. The predicted octanol–water partition coefficient (Wildman–Crippen LogP) is 4.67. The highest BCUT2D eigenvalue weighted by molar-refractivity contribution is 4.80. The SMILES string of the molecule is C=C(CC)OC(C)C.C=C(CC)OCCC. The van der Waals surface area contributed by atoms with Crippen LogP contribution < -0.4 is 0 Å². The molecule has 0 heterocycles. The summed E-state index contributed by atoms with van der Waals surface area (Å²) in [7, 11) is 0. The van der Waals surface area contributed by atoms with Gasteiger partial charge in [0, 0.05) is 12.8 Å². The molecule has 0 aliphatic carbocycles. The van der Waals surface area contributed by atoms with Crippen LogP contribution in [0.5, 0.6) is 0 Å². The predicted molar refractivity (Wildman–Crippen MR) is 71.3 cm³/mol. The maximum atomic E-state index is 5.20. The lowest BCUT2D eigenvalue weighted by Gasteiger charge is -2.09. The molecular weight excluding hydrogens is 200 g/mol. The van der Waals surface area contributed by atoms with Crippen molar-refractivity contribution in [3.05, 3.63) is 24.7 Å². The first-order valence-electron chi connectivity index (χ1n) is 6.12. The first-order valence-corrected chi connectivity index (χ1v) is 6.12. The van der Waals surface area contributed by atoms with Gasteiger partial charge in [-0.25, -0.2) is 0 Å². The molecule has 0 aliphatic rings. The quantitative estimate of drug-likeness (QED) is 0.589. The first-order chi connectivity index (χ1) is 7.47. The lowest BCUT2D eigenvalue weighted by molar-refractivity contribution is 0.143. The van der Waals surface area contributed by atoms with Crippen molar-refractivity contribution in [2.24, 2.45) is 0 Å². The average Bonchev–Trinajstić information content (AvgIpc) is 2.25. The van der Waals surface area contributed by atoms with Crippen LogP contribution in [-0.2, 0) is 9.47 Å². The van der Waals surface area contributed by atoms with Crippen LogP contribution in [0.1, 0.15) is 53.9 Å². The number of hydrogen-bond donors (Lipinski definition) is 0. The van der Waals surface area contributed by atoms with Crippen LogP contribution >= 0.6 is 0 Å². The van der Waals surface area contributed by atoms with Crippen molar-refractivity contribution in [3.63, 3.8) is 0 Å². The summed E-state index contributed by atoms with van der Waals surface area (Å²) in [5, 5.41) is 0. The largest absolute Gasteiger partial charge is 0.499 e. The van der Waals surface area contributed by atoms with Gasteiger partial charge < -0.3 is 9.47 Å². The van der Waals surface area contributed by atoms with Crippen LogP contribution in [0.25, 0.3) is 0 Å². The molecule has 0 bridgehead atoms. The maximum Gasteiger partial charge on any atom is 0.0926 e. The molecule has 0 saturated carbocycles. The molecular formula is C14H28O2. The van der Waals surface area contributed by atoms with Crippen LogP contribution in [-0.4, -0.2) is 12.7 Å². The third-order valence-electron chi connectivity index (χ3n) is 1.70. The Morgan fingerprint density at radius 1 is 1.00 bits per heavy atom.